The van der Waals surface area contributed by atoms with Crippen molar-refractivity contribution >= 4 is 12.0 Å². The molecule has 2 heterocycles. The summed E-state index contributed by atoms with van der Waals surface area (Å²) in [6.45, 7) is 9.32. The van der Waals surface area contributed by atoms with Crippen LogP contribution in [0.5, 0.6) is 0 Å². The average Bonchev–Trinajstić information content (AvgIpc) is 2.89. The second kappa shape index (κ2) is 6.64. The normalized spacial score (nSPS) is 27.3. The summed E-state index contributed by atoms with van der Waals surface area (Å²) in [6, 6.07) is 0.673. The molecule has 1 N–H and O–H groups in total. The Kier molecular flexibility index (Phi) is 5.08. The summed E-state index contributed by atoms with van der Waals surface area (Å²) in [5, 5.41) is 9.04. The lowest BCUT2D eigenvalue weighted by Crippen LogP contribution is -2.59. The summed E-state index contributed by atoms with van der Waals surface area (Å²) in [5.74, 6) is -1.38. The molecule has 2 amide bonds. The monoisotopic (exact) mass is 297 g/mol. The smallest absolute Gasteiger partial charge is 0.320 e. The van der Waals surface area contributed by atoms with Gasteiger partial charge in [0.15, 0.2) is 0 Å². The highest BCUT2D eigenvalue weighted by Gasteiger charge is 2.38. The molecule has 21 heavy (non-hydrogen) atoms. The number of hydrogen-bond donors (Lipinski definition) is 1. The van der Waals surface area contributed by atoms with E-state index in [0.29, 0.717) is 12.6 Å². The van der Waals surface area contributed by atoms with E-state index in [0.717, 1.165) is 26.1 Å². The van der Waals surface area contributed by atoms with E-state index < -0.39 is 11.9 Å². The van der Waals surface area contributed by atoms with Crippen molar-refractivity contribution in [3.05, 3.63) is 0 Å². The Morgan fingerprint density at radius 3 is 2.71 bits per heavy atom. The number of urea groups is 1. The van der Waals surface area contributed by atoms with Crippen molar-refractivity contribution in [2.45, 2.75) is 45.7 Å². The maximum absolute atomic E-state index is 12.7. The molecule has 6 heteroatoms. The average molecular weight is 297 g/mol. The van der Waals surface area contributed by atoms with Gasteiger partial charge in [-0.1, -0.05) is 6.92 Å². The zero-order valence-electron chi connectivity index (χ0n) is 13.3. The molecule has 0 aliphatic carbocycles. The van der Waals surface area contributed by atoms with Crippen LogP contribution in [0, 0.1) is 5.92 Å². The van der Waals surface area contributed by atoms with Crippen LogP contribution in [0.1, 0.15) is 33.6 Å². The van der Waals surface area contributed by atoms with Gasteiger partial charge in [-0.05, 0) is 33.2 Å². The number of rotatable bonds is 4. The molecule has 2 aliphatic heterocycles. The Morgan fingerprint density at radius 2 is 2.10 bits per heavy atom. The molecule has 0 radical (unpaired) electrons. The quantitative estimate of drug-likeness (QED) is 0.850. The highest BCUT2D eigenvalue weighted by Crippen LogP contribution is 2.25. The van der Waals surface area contributed by atoms with Gasteiger partial charge in [0.05, 0.1) is 5.92 Å². The highest BCUT2D eigenvalue weighted by molar-refractivity contribution is 5.76. The van der Waals surface area contributed by atoms with Crippen molar-refractivity contribution in [3.63, 3.8) is 0 Å². The second-order valence-corrected chi connectivity index (χ2v) is 6.35. The van der Waals surface area contributed by atoms with Gasteiger partial charge in [-0.2, -0.15) is 0 Å². The first-order chi connectivity index (χ1) is 9.93. The van der Waals surface area contributed by atoms with Crippen LogP contribution in [0.3, 0.4) is 0 Å². The van der Waals surface area contributed by atoms with E-state index in [9.17, 15) is 9.59 Å². The third-order valence-electron chi connectivity index (χ3n) is 4.75. The van der Waals surface area contributed by atoms with Gasteiger partial charge in [-0.3, -0.25) is 9.69 Å². The zero-order chi connectivity index (χ0) is 15.6. The molecule has 2 saturated heterocycles. The molecule has 3 unspecified atom stereocenters. The lowest BCUT2D eigenvalue weighted by Gasteiger charge is -2.44. The molecule has 120 valence electrons. The van der Waals surface area contributed by atoms with Crippen molar-refractivity contribution in [1.82, 2.24) is 14.7 Å². The molecule has 0 aromatic rings. The standard InChI is InChI=1S/C15H27N3O3/c1-4-16(8-11(2)14(19)20)15(21)18-10-13-6-5-7-17(13)9-12(18)3/h11-13H,4-10H2,1-3H3,(H,19,20). The van der Waals surface area contributed by atoms with E-state index >= 15 is 0 Å². The Bertz CT molecular complexity index is 402. The fraction of sp³-hybridized carbons (Fsp3) is 0.867. The van der Waals surface area contributed by atoms with Crippen LogP contribution in [0.25, 0.3) is 0 Å². The van der Waals surface area contributed by atoms with Gasteiger partial charge < -0.3 is 14.9 Å². The number of piperazine rings is 1. The number of hydrogen-bond acceptors (Lipinski definition) is 3. The van der Waals surface area contributed by atoms with Gasteiger partial charge in [-0.15, -0.1) is 0 Å². The van der Waals surface area contributed by atoms with Crippen molar-refractivity contribution in [2.75, 3.05) is 32.7 Å². The highest BCUT2D eigenvalue weighted by atomic mass is 16.4. The first-order valence-corrected chi connectivity index (χ1v) is 7.96. The molecule has 2 aliphatic rings. The van der Waals surface area contributed by atoms with Gasteiger partial charge in [-0.25, -0.2) is 4.79 Å². The topological polar surface area (TPSA) is 64.1 Å². The molecule has 0 aromatic carbocycles. The number of fused-ring (bicyclic) bond motifs is 1. The van der Waals surface area contributed by atoms with Gasteiger partial charge in [0.25, 0.3) is 0 Å². The fourth-order valence-electron chi connectivity index (χ4n) is 3.39. The number of carboxylic acid groups (broad SMARTS) is 1. The summed E-state index contributed by atoms with van der Waals surface area (Å²) in [4.78, 5) is 29.8. The third kappa shape index (κ3) is 3.48. The first kappa shape index (κ1) is 16.1. The molecule has 6 nitrogen and oxygen atoms in total. The van der Waals surface area contributed by atoms with Gasteiger partial charge >= 0.3 is 12.0 Å². The Labute approximate surface area is 126 Å². The summed E-state index contributed by atoms with van der Waals surface area (Å²) >= 11 is 0. The predicted molar refractivity (Wildman–Crippen MR) is 80.2 cm³/mol. The molecule has 3 atom stereocenters. The molecule has 2 fully saturated rings. The number of carbonyl (C=O) groups excluding carboxylic acids is 1. The number of carboxylic acids is 1. The number of amides is 2. The van der Waals surface area contributed by atoms with E-state index in [1.54, 1.807) is 11.8 Å². The van der Waals surface area contributed by atoms with Crippen molar-refractivity contribution in [3.8, 4) is 0 Å². The number of aliphatic carboxylic acids is 1. The lowest BCUT2D eigenvalue weighted by molar-refractivity contribution is -0.141. The molecule has 0 saturated carbocycles. The summed E-state index contributed by atoms with van der Waals surface area (Å²) in [6.07, 6.45) is 2.38. The Balaban J connectivity index is 2.01. The molecule has 0 spiro atoms. The maximum Gasteiger partial charge on any atom is 0.320 e. The lowest BCUT2D eigenvalue weighted by atomic mass is 10.1. The SMILES string of the molecule is CCN(CC(C)C(=O)O)C(=O)N1CC2CCCN2CC1C. The van der Waals surface area contributed by atoms with Crippen LogP contribution in [-0.2, 0) is 4.79 Å². The van der Waals surface area contributed by atoms with Crippen LogP contribution in [0.4, 0.5) is 4.79 Å². The third-order valence-corrected chi connectivity index (χ3v) is 4.75. The van der Waals surface area contributed by atoms with Crippen molar-refractivity contribution < 1.29 is 14.7 Å². The van der Waals surface area contributed by atoms with E-state index in [4.69, 9.17) is 5.11 Å². The summed E-state index contributed by atoms with van der Waals surface area (Å²) < 4.78 is 0. The van der Waals surface area contributed by atoms with Crippen LogP contribution < -0.4 is 0 Å². The minimum atomic E-state index is -0.852. The number of nitrogens with zero attached hydrogens (tertiary/aromatic N) is 3. The van der Waals surface area contributed by atoms with Crippen LogP contribution in [0.15, 0.2) is 0 Å². The zero-order valence-corrected chi connectivity index (χ0v) is 13.3. The van der Waals surface area contributed by atoms with Gasteiger partial charge in [0, 0.05) is 38.3 Å². The first-order valence-electron chi connectivity index (χ1n) is 7.96. The molecular weight excluding hydrogens is 270 g/mol. The summed E-state index contributed by atoms with van der Waals surface area (Å²) in [5.41, 5.74) is 0. The molecule has 0 aromatic heterocycles. The van der Waals surface area contributed by atoms with E-state index in [1.807, 2.05) is 11.8 Å². The van der Waals surface area contributed by atoms with Gasteiger partial charge in [0.1, 0.15) is 0 Å². The van der Waals surface area contributed by atoms with Crippen LogP contribution in [0.2, 0.25) is 0 Å². The minimum Gasteiger partial charge on any atom is -0.481 e. The largest absolute Gasteiger partial charge is 0.481 e. The minimum absolute atomic E-state index is 0.00958. The molecule has 0 bridgehead atoms. The maximum atomic E-state index is 12.7. The Morgan fingerprint density at radius 1 is 1.38 bits per heavy atom. The Hall–Kier alpha value is -1.30. The predicted octanol–water partition coefficient (Wildman–Crippen LogP) is 1.32. The van der Waals surface area contributed by atoms with Gasteiger partial charge in [0.2, 0.25) is 0 Å². The fourth-order valence-corrected chi connectivity index (χ4v) is 3.39. The molecular formula is C15H27N3O3. The van der Waals surface area contributed by atoms with Crippen LogP contribution >= 0.6 is 0 Å². The van der Waals surface area contributed by atoms with Crippen molar-refractivity contribution in [1.29, 1.82) is 0 Å². The van der Waals surface area contributed by atoms with E-state index in [-0.39, 0.29) is 18.6 Å². The second-order valence-electron chi connectivity index (χ2n) is 6.35. The number of carbonyl (C=O) groups is 2. The van der Waals surface area contributed by atoms with Crippen molar-refractivity contribution in [2.24, 2.45) is 5.92 Å². The summed E-state index contributed by atoms with van der Waals surface area (Å²) in [7, 11) is 0. The van der Waals surface area contributed by atoms with Crippen LogP contribution in [-0.4, -0.2) is 76.6 Å². The van der Waals surface area contributed by atoms with E-state index in [2.05, 4.69) is 11.8 Å². The van der Waals surface area contributed by atoms with E-state index in [1.165, 1.54) is 6.42 Å². The molecule has 2 rings (SSSR count).